The monoisotopic (exact) mass is 454 g/mol. The van der Waals surface area contributed by atoms with Gasteiger partial charge in [0.1, 0.15) is 11.5 Å². The highest BCUT2D eigenvalue weighted by Gasteiger charge is 2.27. The Morgan fingerprint density at radius 1 is 1.20 bits per heavy atom. The van der Waals surface area contributed by atoms with Crippen molar-refractivity contribution in [1.29, 1.82) is 0 Å². The molecule has 1 saturated heterocycles. The molecule has 3 rings (SSSR count). The number of benzene rings is 2. The molecule has 1 heterocycles. The number of nitrogens with zero attached hydrogens (tertiary/aromatic N) is 1. The maximum absolute atomic E-state index is 12.9. The Labute approximate surface area is 180 Å². The summed E-state index contributed by atoms with van der Waals surface area (Å²) >= 11 is 5.94. The molecule has 1 amide bonds. The molecule has 0 aromatic heterocycles. The van der Waals surface area contributed by atoms with E-state index in [1.807, 2.05) is 0 Å². The Balaban J connectivity index is 1.78. The van der Waals surface area contributed by atoms with Crippen LogP contribution in [0.5, 0.6) is 11.5 Å². The summed E-state index contributed by atoms with van der Waals surface area (Å²) in [6.07, 6.45) is -0.854. The fraction of sp³-hybridized carbons (Fsp3) is 0.350. The van der Waals surface area contributed by atoms with Crippen molar-refractivity contribution in [2.45, 2.75) is 17.9 Å². The average molecular weight is 455 g/mol. The first-order valence-corrected chi connectivity index (χ1v) is 11.1. The van der Waals surface area contributed by atoms with Crippen LogP contribution in [0.1, 0.15) is 6.92 Å². The summed E-state index contributed by atoms with van der Waals surface area (Å²) in [4.78, 5) is 12.7. The van der Waals surface area contributed by atoms with E-state index >= 15 is 0 Å². The van der Waals surface area contributed by atoms with Gasteiger partial charge in [-0.3, -0.25) is 4.79 Å². The van der Waals surface area contributed by atoms with E-state index in [1.165, 1.54) is 29.6 Å². The van der Waals surface area contributed by atoms with Crippen LogP contribution in [0.2, 0.25) is 5.02 Å². The van der Waals surface area contributed by atoms with Crippen molar-refractivity contribution in [3.8, 4) is 11.5 Å². The molecular weight excluding hydrogens is 432 g/mol. The third-order valence-corrected chi connectivity index (χ3v) is 6.64. The number of morpholine rings is 1. The summed E-state index contributed by atoms with van der Waals surface area (Å²) < 4.78 is 43.3. The van der Waals surface area contributed by atoms with Gasteiger partial charge >= 0.3 is 0 Å². The van der Waals surface area contributed by atoms with Crippen LogP contribution in [0.15, 0.2) is 47.4 Å². The lowest BCUT2D eigenvalue weighted by atomic mass is 10.2. The number of methoxy groups -OCH3 is 1. The Morgan fingerprint density at radius 2 is 1.93 bits per heavy atom. The average Bonchev–Trinajstić information content (AvgIpc) is 2.74. The fourth-order valence-electron chi connectivity index (χ4n) is 2.91. The zero-order valence-corrected chi connectivity index (χ0v) is 18.2. The van der Waals surface area contributed by atoms with E-state index in [-0.39, 0.29) is 23.7 Å². The van der Waals surface area contributed by atoms with Gasteiger partial charge in [0.25, 0.3) is 5.91 Å². The van der Waals surface area contributed by atoms with Gasteiger partial charge in [-0.25, -0.2) is 8.42 Å². The van der Waals surface area contributed by atoms with Gasteiger partial charge in [-0.05, 0) is 43.3 Å². The van der Waals surface area contributed by atoms with Gasteiger partial charge < -0.3 is 19.5 Å². The van der Waals surface area contributed by atoms with Crippen molar-refractivity contribution >= 4 is 33.2 Å². The molecule has 1 N–H and O–H groups in total. The number of hydrogen-bond donors (Lipinski definition) is 1. The molecule has 8 nitrogen and oxygen atoms in total. The number of sulfonamides is 1. The van der Waals surface area contributed by atoms with E-state index in [9.17, 15) is 13.2 Å². The van der Waals surface area contributed by atoms with Gasteiger partial charge in [0.2, 0.25) is 10.0 Å². The highest BCUT2D eigenvalue weighted by molar-refractivity contribution is 7.89. The zero-order valence-electron chi connectivity index (χ0n) is 16.6. The summed E-state index contributed by atoms with van der Waals surface area (Å²) in [5.74, 6) is 0.314. The molecule has 30 heavy (non-hydrogen) atoms. The number of carbonyl (C=O) groups is 1. The van der Waals surface area contributed by atoms with Crippen molar-refractivity contribution < 1.29 is 27.4 Å². The van der Waals surface area contributed by atoms with E-state index in [0.29, 0.717) is 29.7 Å². The largest absolute Gasteiger partial charge is 0.495 e. The summed E-state index contributed by atoms with van der Waals surface area (Å²) in [5.41, 5.74) is 0.235. The topological polar surface area (TPSA) is 94.2 Å². The Morgan fingerprint density at radius 3 is 2.60 bits per heavy atom. The lowest BCUT2D eigenvalue weighted by Crippen LogP contribution is -2.40. The second-order valence-corrected chi connectivity index (χ2v) is 8.96. The molecular formula is C20H23ClN2O6S. The molecule has 1 fully saturated rings. The first-order chi connectivity index (χ1) is 14.3. The molecule has 1 atom stereocenters. The molecule has 0 bridgehead atoms. The molecule has 1 aliphatic heterocycles. The summed E-state index contributed by atoms with van der Waals surface area (Å²) in [5, 5.41) is 3.17. The fourth-order valence-corrected chi connectivity index (χ4v) is 4.53. The number of halogens is 1. The predicted octanol–water partition coefficient (Wildman–Crippen LogP) is 2.78. The van der Waals surface area contributed by atoms with Gasteiger partial charge in [-0.2, -0.15) is 4.31 Å². The number of amides is 1. The highest BCUT2D eigenvalue weighted by atomic mass is 35.5. The van der Waals surface area contributed by atoms with E-state index in [0.717, 1.165) is 0 Å². The number of rotatable bonds is 7. The normalized spacial score (nSPS) is 16.0. The smallest absolute Gasteiger partial charge is 0.265 e. The summed E-state index contributed by atoms with van der Waals surface area (Å²) in [7, 11) is -2.28. The third-order valence-electron chi connectivity index (χ3n) is 4.51. The van der Waals surface area contributed by atoms with E-state index < -0.39 is 22.0 Å². The molecule has 162 valence electrons. The van der Waals surface area contributed by atoms with Gasteiger partial charge in [0, 0.05) is 18.1 Å². The lowest BCUT2D eigenvalue weighted by molar-refractivity contribution is -0.122. The molecule has 0 aliphatic carbocycles. The maximum atomic E-state index is 12.9. The minimum Gasteiger partial charge on any atom is -0.495 e. The molecule has 1 unspecified atom stereocenters. The Bertz CT molecular complexity index is 1010. The second kappa shape index (κ2) is 9.65. The molecule has 10 heteroatoms. The molecule has 0 radical (unpaired) electrons. The van der Waals surface area contributed by atoms with E-state index in [4.69, 9.17) is 25.8 Å². The molecule has 0 spiro atoms. The van der Waals surface area contributed by atoms with Crippen molar-refractivity contribution in [1.82, 2.24) is 4.31 Å². The molecule has 2 aromatic rings. The number of nitrogens with one attached hydrogen (secondary N) is 1. The van der Waals surface area contributed by atoms with Crippen LogP contribution in [-0.2, 0) is 19.6 Å². The quantitative estimate of drug-likeness (QED) is 0.691. The standard InChI is InChI=1S/C20H23ClN2O6S/c1-14(29-16-5-3-4-15(21)12-16)20(24)22-18-13-17(6-7-19(18)27-2)30(25,26)23-8-10-28-11-9-23/h3-7,12-14H,8-11H2,1-2H3,(H,22,24). The van der Waals surface area contributed by atoms with Crippen molar-refractivity contribution in [2.75, 3.05) is 38.7 Å². The van der Waals surface area contributed by atoms with E-state index in [1.54, 1.807) is 31.2 Å². The number of anilines is 1. The van der Waals surface area contributed by atoms with Gasteiger partial charge in [-0.15, -0.1) is 0 Å². The van der Waals surface area contributed by atoms with Gasteiger partial charge in [0.05, 0.1) is 30.9 Å². The van der Waals surface area contributed by atoms with Crippen molar-refractivity contribution in [2.24, 2.45) is 0 Å². The molecule has 2 aromatic carbocycles. The number of carbonyl (C=O) groups excluding carboxylic acids is 1. The molecule has 0 saturated carbocycles. The Hall–Kier alpha value is -2.33. The first-order valence-electron chi connectivity index (χ1n) is 9.30. The number of ether oxygens (including phenoxy) is 3. The summed E-state index contributed by atoms with van der Waals surface area (Å²) in [6, 6.07) is 11.0. The third kappa shape index (κ3) is 5.23. The molecule has 1 aliphatic rings. The zero-order chi connectivity index (χ0) is 21.7. The van der Waals surface area contributed by atoms with Gasteiger partial charge in [0.15, 0.2) is 6.10 Å². The van der Waals surface area contributed by atoms with Crippen LogP contribution < -0.4 is 14.8 Å². The van der Waals surface area contributed by atoms with Crippen LogP contribution in [0.4, 0.5) is 5.69 Å². The lowest BCUT2D eigenvalue weighted by Gasteiger charge is -2.26. The number of hydrogen-bond acceptors (Lipinski definition) is 6. The van der Waals surface area contributed by atoms with Crippen LogP contribution in [0.3, 0.4) is 0 Å². The van der Waals surface area contributed by atoms with Crippen molar-refractivity contribution in [3.05, 3.63) is 47.5 Å². The minimum atomic E-state index is -3.72. The van der Waals surface area contributed by atoms with Crippen LogP contribution in [-0.4, -0.2) is 58.1 Å². The second-order valence-electron chi connectivity index (χ2n) is 6.59. The van der Waals surface area contributed by atoms with E-state index in [2.05, 4.69) is 5.32 Å². The van der Waals surface area contributed by atoms with Crippen LogP contribution in [0, 0.1) is 0 Å². The summed E-state index contributed by atoms with van der Waals surface area (Å²) in [6.45, 7) is 2.83. The van der Waals surface area contributed by atoms with Crippen LogP contribution in [0.25, 0.3) is 0 Å². The van der Waals surface area contributed by atoms with Crippen LogP contribution >= 0.6 is 11.6 Å². The van der Waals surface area contributed by atoms with Gasteiger partial charge in [-0.1, -0.05) is 17.7 Å². The Kier molecular flexibility index (Phi) is 7.19. The SMILES string of the molecule is COc1ccc(S(=O)(=O)N2CCOCC2)cc1NC(=O)C(C)Oc1cccc(Cl)c1. The minimum absolute atomic E-state index is 0.0592. The maximum Gasteiger partial charge on any atom is 0.265 e. The predicted molar refractivity (Wildman–Crippen MR) is 113 cm³/mol. The highest BCUT2D eigenvalue weighted by Crippen LogP contribution is 2.29. The first kappa shape index (κ1) is 22.4. The van der Waals surface area contributed by atoms with Crippen molar-refractivity contribution in [3.63, 3.8) is 0 Å².